The fourth-order valence-electron chi connectivity index (χ4n) is 21.7. The fraction of sp³-hybridized carbons (Fsp3) is 0.556. The van der Waals surface area contributed by atoms with Crippen molar-refractivity contribution in [1.29, 1.82) is 0 Å². The third-order valence-electron chi connectivity index (χ3n) is 24.5. The topological polar surface area (TPSA) is 318 Å². The number of nitrogens with zero attached hydrogens (tertiary/aromatic N) is 2. The molecule has 120 heavy (non-hydrogen) atoms. The minimum Gasteiger partial charge on any atom is -0.507 e. The minimum absolute atomic E-state index is 0. The first-order valence-corrected chi connectivity index (χ1v) is 48.6. The number of hydrogen-bond donors (Lipinski definition) is 7. The third-order valence-corrected chi connectivity index (χ3v) is 27.9. The van der Waals surface area contributed by atoms with E-state index >= 15 is 0 Å². The highest BCUT2D eigenvalue weighted by molar-refractivity contribution is 14.1. The Hall–Kier alpha value is -4.81. The standard InChI is InChI=1S/C20H25BrN2O2S.C18H21BrN2O3.C18H21BrN2O2S.C16H19BrO2.C8H7BrO2.C8H14O.CH3I.CH3NO.HI.H3N/c1-12-7-13(2)10-19(9-12)11-20(17(24)23(3)18(22-20)26-4)15-8-14(21)5-6-16(15)25-19;1-10-5-11(2)8-17(7-10)9-18(15(22)20-16(23)21-18)13-6-12(19)3-4-14(13)24-17;1-10-5-11(2)8-17(7-10)9-18(15(22)20-16(24)21-18)13-6-12(19)3-4-14(13)23-17;1-10-5-11(2)8-16(7-10)9-14(18)13-6-12(17)3-4-15(13)19-16;1-5(10)7-4-6(9)2-3-8(7)11;1-6-3-7(2)5-8(9)4-6;1-2;2-1-3;;/h5-6,8,12-13H,7,9-11H2,1-4H3;3-4,6,10-11H,5,7-9H2,1-2H3,(H2,20,21,22,23);3-4,6,10-11H,5,7-9H2,1-2H3,(H2,20,21,22,24);3-4,6,10-11H,5,7-9H2,1-2H3;2-4,11H,1H3;6-7H,3-5H2,1-2H3;1H3;1H,(H2,2,3);1H;1H3. The molecule has 7 heterocycles. The Morgan fingerprint density at radius 3 is 1.27 bits per heavy atom. The maximum atomic E-state index is 13.4. The van der Waals surface area contributed by atoms with Crippen LogP contribution in [-0.4, -0.2) is 108 Å². The van der Waals surface area contributed by atoms with Crippen molar-refractivity contribution >= 4 is 208 Å². The smallest absolute Gasteiger partial charge is 0.322 e. The van der Waals surface area contributed by atoms with Crippen molar-refractivity contribution in [3.05, 3.63) is 141 Å². The van der Waals surface area contributed by atoms with Crippen LogP contribution >= 0.6 is 150 Å². The molecular formula is C90H117Br5I2N8O13S2. The number of nitrogens with two attached hydrogens (primary N) is 1. The highest BCUT2D eigenvalue weighted by atomic mass is 127. The molecule has 5 aliphatic carbocycles. The Morgan fingerprint density at radius 2 is 0.892 bits per heavy atom. The molecule has 656 valence electrons. The van der Waals surface area contributed by atoms with E-state index in [1.165, 1.54) is 56.9 Å². The number of fused-ring (bicyclic) bond motifs is 7. The molecule has 12 aliphatic rings. The maximum Gasteiger partial charge on any atom is 0.322 e. The lowest BCUT2D eigenvalue weighted by molar-refractivity contribution is -0.136. The number of nitrogens with one attached hydrogen (secondary N) is 4. The normalized spacial score (nSPS) is 32.1. The lowest BCUT2D eigenvalue weighted by atomic mass is 9.66. The van der Waals surface area contributed by atoms with E-state index in [0.717, 1.165) is 131 Å². The summed E-state index contributed by atoms with van der Waals surface area (Å²) < 4.78 is 30.4. The van der Waals surface area contributed by atoms with Crippen LogP contribution in [0.2, 0.25) is 0 Å². The van der Waals surface area contributed by atoms with E-state index in [-0.39, 0.29) is 88.4 Å². The number of amides is 6. The van der Waals surface area contributed by atoms with Crippen molar-refractivity contribution in [2.45, 2.75) is 237 Å². The molecule has 10 N–H and O–H groups in total. The molecule has 7 fully saturated rings. The van der Waals surface area contributed by atoms with E-state index in [1.807, 2.05) is 91.0 Å². The number of thioether (sulfide) groups is 1. The van der Waals surface area contributed by atoms with Gasteiger partial charge in [0.05, 0.1) is 17.5 Å². The zero-order valence-electron chi connectivity index (χ0n) is 71.0. The number of thiocarbonyl (C=S) groups is 1. The van der Waals surface area contributed by atoms with Crippen LogP contribution in [0.15, 0.2) is 118 Å². The van der Waals surface area contributed by atoms with Crippen molar-refractivity contribution in [2.24, 2.45) is 69.9 Å². The number of carbonyl (C=O) groups is 8. The Labute approximate surface area is 790 Å². The second kappa shape index (κ2) is 41.8. The van der Waals surface area contributed by atoms with E-state index in [2.05, 4.69) is 198 Å². The largest absolute Gasteiger partial charge is 0.507 e. The van der Waals surface area contributed by atoms with Gasteiger partial charge in [0.25, 0.3) is 17.7 Å². The quantitative estimate of drug-likeness (QED) is 0.0205. The van der Waals surface area contributed by atoms with Crippen molar-refractivity contribution < 1.29 is 62.4 Å². The first-order valence-electron chi connectivity index (χ1n) is 40.8. The number of amidine groups is 1. The number of urea groups is 1. The molecule has 0 bridgehead atoms. The van der Waals surface area contributed by atoms with Gasteiger partial charge in [0.15, 0.2) is 38.5 Å². The number of ketones is 3. The molecular weight excluding hydrogens is 2120 g/mol. The maximum absolute atomic E-state index is 13.4. The molecule has 30 heteroatoms. The number of phenolic OH excluding ortho intramolecular Hbond substituents is 1. The number of aliphatic imine (C=N–C) groups is 1. The Morgan fingerprint density at radius 1 is 0.542 bits per heavy atom. The lowest BCUT2D eigenvalue weighted by Crippen LogP contribution is -2.57. The number of Topliss-reactive ketones (excluding diaryl/α,β-unsaturated/α-hetero) is 3. The van der Waals surface area contributed by atoms with Gasteiger partial charge in [-0.25, -0.2) is 9.79 Å². The summed E-state index contributed by atoms with van der Waals surface area (Å²) in [6.45, 7) is 23.9. The molecule has 5 aromatic rings. The van der Waals surface area contributed by atoms with Gasteiger partial charge in [-0.1, -0.05) is 183 Å². The molecule has 7 spiro atoms. The number of ether oxygens (including phenoxy) is 4. The van der Waals surface area contributed by atoms with Crippen LogP contribution in [0.25, 0.3) is 0 Å². The summed E-state index contributed by atoms with van der Waals surface area (Å²) in [6, 6.07) is 27.6. The Balaban J connectivity index is 0.000000182. The Bertz CT molecular complexity index is 4510. The number of carbonyl (C=O) groups excluding carboxylic acids is 8. The number of rotatable bonds is 1. The van der Waals surface area contributed by atoms with Gasteiger partial charge in [-0.15, -0.1) is 24.0 Å². The third kappa shape index (κ3) is 23.1. The van der Waals surface area contributed by atoms with Gasteiger partial charge in [0.1, 0.15) is 56.9 Å². The number of halogens is 7. The Kier molecular flexibility index (Phi) is 35.0. The molecule has 0 radical (unpaired) electrons. The molecule has 2 saturated heterocycles. The van der Waals surface area contributed by atoms with Crippen LogP contribution in [0, 0.1) is 59.2 Å². The zero-order valence-corrected chi connectivity index (χ0v) is 85.0. The predicted octanol–water partition coefficient (Wildman–Crippen LogP) is 21.8. The van der Waals surface area contributed by atoms with E-state index in [4.69, 9.17) is 46.1 Å². The summed E-state index contributed by atoms with van der Waals surface area (Å²) in [4.78, 5) is 102. The van der Waals surface area contributed by atoms with Gasteiger partial charge in [0.2, 0.25) is 6.41 Å². The van der Waals surface area contributed by atoms with E-state index in [0.29, 0.717) is 107 Å². The van der Waals surface area contributed by atoms with Gasteiger partial charge in [-0.3, -0.25) is 43.8 Å². The highest BCUT2D eigenvalue weighted by Gasteiger charge is 2.62. The van der Waals surface area contributed by atoms with Gasteiger partial charge in [0, 0.05) is 78.2 Å². The molecule has 7 aliphatic heterocycles. The van der Waals surface area contributed by atoms with Crippen LogP contribution < -0.4 is 52.1 Å². The number of hydrogen-bond acceptors (Lipinski definition) is 17. The highest BCUT2D eigenvalue weighted by Crippen LogP contribution is 2.58. The molecule has 5 saturated carbocycles. The first-order chi connectivity index (χ1) is 55.6. The summed E-state index contributed by atoms with van der Waals surface area (Å²) in [5, 5.41) is 21.7. The summed E-state index contributed by atoms with van der Waals surface area (Å²) in [7, 11) is 1.83. The first kappa shape index (κ1) is 101. The average molecular weight is 2240 g/mol. The minimum atomic E-state index is -1.04. The number of primary amides is 1. The number of aromatic hydroxyl groups is 1. The van der Waals surface area contributed by atoms with Crippen molar-refractivity contribution in [3.63, 3.8) is 0 Å². The summed E-state index contributed by atoms with van der Waals surface area (Å²) in [6.07, 6.45) is 19.9. The predicted molar refractivity (Wildman–Crippen MR) is 514 cm³/mol. The van der Waals surface area contributed by atoms with E-state index < -0.39 is 28.2 Å². The summed E-state index contributed by atoms with van der Waals surface area (Å²) in [5.41, 5.74) is 3.71. The SMILES string of the molecule is CC(=O)c1cc(Br)ccc1O.CC1CC(=O)CC(C)C1.CC1CC(C)CC2(C1)CC1(NC(=O)NC1=O)c1cc(Br)ccc1O2.CC1CC(C)CC2(C1)CC1(NC(=S)NC1=O)c1cc(Br)ccc1O2.CC1CC(C)CC2(CC(=O)c3cc(Br)ccc3O2)C1.CI.CSC1=NC2(CC3(CC(C)CC(C)C3)Oc3ccc(Br)cc32)C(=O)N1C.I.N.NC=O. The van der Waals surface area contributed by atoms with Crippen LogP contribution in [0.1, 0.15) is 236 Å². The van der Waals surface area contributed by atoms with Crippen molar-refractivity contribution in [1.82, 2.24) is 32.3 Å². The summed E-state index contributed by atoms with van der Waals surface area (Å²) >= 11 is 26.1. The monoisotopic (exact) mass is 2230 g/mol. The molecule has 21 nitrogen and oxygen atoms in total. The van der Waals surface area contributed by atoms with Gasteiger partial charge in [-0.05, 0) is 264 Å². The lowest BCUT2D eigenvalue weighted by Gasteiger charge is -2.50. The number of alkyl halides is 1. The number of benzene rings is 5. The molecule has 0 aromatic heterocycles. The average Bonchev–Trinajstić information content (AvgIpc) is 1.44. The number of phenols is 1. The zero-order chi connectivity index (χ0) is 86.5. The second-order valence-electron chi connectivity index (χ2n) is 35.9. The van der Waals surface area contributed by atoms with Crippen molar-refractivity contribution in [2.75, 3.05) is 18.2 Å². The number of likely N-dealkylation sites (N-methyl/N-ethyl adjacent to an activating group) is 1. The molecule has 6 amide bonds. The summed E-state index contributed by atoms with van der Waals surface area (Å²) in [5.74, 6) is 9.31. The molecule has 5 aromatic carbocycles. The fourth-order valence-corrected chi connectivity index (χ4v) is 24.4. The van der Waals surface area contributed by atoms with Crippen molar-refractivity contribution in [3.8, 4) is 28.7 Å². The van der Waals surface area contributed by atoms with Crippen LogP contribution in [0.3, 0.4) is 0 Å². The van der Waals surface area contributed by atoms with E-state index in [9.17, 15) is 33.6 Å². The van der Waals surface area contributed by atoms with E-state index in [1.54, 1.807) is 17.0 Å². The van der Waals surface area contributed by atoms with Gasteiger partial charge in [-0.2, -0.15) is 0 Å². The molecule has 13 unspecified atom stereocenters. The van der Waals surface area contributed by atoms with Crippen LogP contribution in [-0.2, 0) is 40.6 Å². The molecule has 13 atom stereocenters. The second-order valence-corrected chi connectivity index (χ2v) is 41.7. The van der Waals surface area contributed by atoms with Gasteiger partial charge >= 0.3 is 6.03 Å². The molecule has 17 rings (SSSR count). The van der Waals surface area contributed by atoms with Gasteiger partial charge < -0.3 is 51.9 Å². The number of imide groups is 1. The van der Waals surface area contributed by atoms with Crippen LogP contribution in [0.5, 0.6) is 28.7 Å². The van der Waals surface area contributed by atoms with Crippen LogP contribution in [0.4, 0.5) is 4.79 Å².